The summed E-state index contributed by atoms with van der Waals surface area (Å²) in [7, 11) is 0. The van der Waals surface area contributed by atoms with Crippen molar-refractivity contribution in [2.24, 2.45) is 0 Å². The molecule has 0 fully saturated rings. The van der Waals surface area contributed by atoms with E-state index < -0.39 is 0 Å². The first-order valence-corrected chi connectivity index (χ1v) is 18.5. The molecule has 0 amide bonds. The van der Waals surface area contributed by atoms with Crippen LogP contribution < -0.4 is 4.90 Å². The summed E-state index contributed by atoms with van der Waals surface area (Å²) in [4.78, 5) is 31.4. The van der Waals surface area contributed by atoms with Gasteiger partial charge in [0, 0.05) is 33.4 Å². The molecule has 0 aromatic heterocycles. The SMILES string of the molecule is CC1=CC=C(C(=O)c2cc(-c3ccc(C)cc3)c(C(=O)c3ccc(C)cc3)cc2-c2ccc(N3c4ccccc4C(C)(C)c4ccccc43)cc2)CC1. The molecule has 0 radical (unpaired) electrons. The van der Waals surface area contributed by atoms with Gasteiger partial charge in [-0.3, -0.25) is 9.59 Å². The van der Waals surface area contributed by atoms with Crippen molar-refractivity contribution >= 4 is 28.6 Å². The fourth-order valence-corrected chi connectivity index (χ4v) is 7.89. The summed E-state index contributed by atoms with van der Waals surface area (Å²) in [5.41, 5.74) is 15.1. The number of carbonyl (C=O) groups is 2. The Bertz CT molecular complexity index is 2410. The van der Waals surface area contributed by atoms with Crippen LogP contribution in [0.2, 0.25) is 0 Å². The van der Waals surface area contributed by atoms with Crippen molar-refractivity contribution in [3.8, 4) is 22.3 Å². The van der Waals surface area contributed by atoms with Gasteiger partial charge in [0.25, 0.3) is 0 Å². The summed E-state index contributed by atoms with van der Waals surface area (Å²) >= 11 is 0. The van der Waals surface area contributed by atoms with E-state index in [-0.39, 0.29) is 17.0 Å². The van der Waals surface area contributed by atoms with Crippen LogP contribution in [0.5, 0.6) is 0 Å². The maximum atomic E-state index is 14.6. The number of nitrogens with zero attached hydrogens (tertiary/aromatic N) is 1. The number of allylic oxidation sites excluding steroid dienone is 4. The van der Waals surface area contributed by atoms with Gasteiger partial charge in [0.1, 0.15) is 0 Å². The molecule has 260 valence electrons. The minimum Gasteiger partial charge on any atom is -0.310 e. The largest absolute Gasteiger partial charge is 0.310 e. The fourth-order valence-electron chi connectivity index (χ4n) is 7.89. The molecule has 1 aliphatic carbocycles. The lowest BCUT2D eigenvalue weighted by atomic mass is 9.73. The number of para-hydroxylation sites is 2. The summed E-state index contributed by atoms with van der Waals surface area (Å²) in [5, 5.41) is 0. The Balaban J connectivity index is 1.31. The van der Waals surface area contributed by atoms with Crippen LogP contribution in [0.25, 0.3) is 22.3 Å². The maximum absolute atomic E-state index is 14.6. The number of carbonyl (C=O) groups excluding carboxylic acids is 2. The Morgan fingerprint density at radius 3 is 1.57 bits per heavy atom. The van der Waals surface area contributed by atoms with Crippen LogP contribution in [0.3, 0.4) is 0 Å². The molecule has 0 bridgehead atoms. The standard InChI is InChI=1S/C50H43NO2/c1-32-14-20-35(21-15-32)40-30-43(49(53)38-24-18-34(3)19-25-38)41(31-42(40)48(52)37-22-16-33(2)17-23-37)36-26-28-39(29-27-36)51-46-12-8-6-10-44(46)50(4,5)45-11-7-9-13-47(45)51/h6-18,20-24,26-31H,19,25H2,1-5H3. The first-order chi connectivity index (χ1) is 25.6. The Kier molecular flexibility index (Phi) is 8.66. The van der Waals surface area contributed by atoms with Crippen LogP contribution in [0, 0.1) is 13.8 Å². The van der Waals surface area contributed by atoms with Crippen LogP contribution in [0.4, 0.5) is 17.1 Å². The highest BCUT2D eigenvalue weighted by atomic mass is 16.1. The number of rotatable bonds is 7. The Morgan fingerprint density at radius 1 is 0.547 bits per heavy atom. The molecule has 0 spiro atoms. The zero-order valence-corrected chi connectivity index (χ0v) is 31.0. The van der Waals surface area contributed by atoms with Crippen LogP contribution in [0.1, 0.15) is 82.1 Å². The Labute approximate surface area is 313 Å². The predicted octanol–water partition coefficient (Wildman–Crippen LogP) is 12.8. The van der Waals surface area contributed by atoms with Gasteiger partial charge in [0.05, 0.1) is 11.4 Å². The van der Waals surface area contributed by atoms with E-state index in [1.165, 1.54) is 16.7 Å². The lowest BCUT2D eigenvalue weighted by Crippen LogP contribution is -2.30. The number of anilines is 3. The third-order valence-electron chi connectivity index (χ3n) is 11.0. The van der Waals surface area contributed by atoms with Gasteiger partial charge in [-0.2, -0.15) is 0 Å². The van der Waals surface area contributed by atoms with Crippen molar-refractivity contribution in [1.29, 1.82) is 0 Å². The van der Waals surface area contributed by atoms with Crippen molar-refractivity contribution in [1.82, 2.24) is 0 Å². The maximum Gasteiger partial charge on any atom is 0.193 e. The second kappa shape index (κ2) is 13.5. The van der Waals surface area contributed by atoms with Crippen molar-refractivity contribution in [3.05, 3.63) is 196 Å². The van der Waals surface area contributed by atoms with Crippen molar-refractivity contribution in [3.63, 3.8) is 0 Å². The van der Waals surface area contributed by atoms with E-state index in [4.69, 9.17) is 0 Å². The fraction of sp³-hybridized carbons (Fsp3) is 0.160. The van der Waals surface area contributed by atoms with E-state index in [0.717, 1.165) is 62.4 Å². The first-order valence-electron chi connectivity index (χ1n) is 18.5. The van der Waals surface area contributed by atoms with Gasteiger partial charge >= 0.3 is 0 Å². The highest BCUT2D eigenvalue weighted by Crippen LogP contribution is 2.51. The molecule has 0 atom stereocenters. The summed E-state index contributed by atoms with van der Waals surface area (Å²) < 4.78 is 0. The van der Waals surface area contributed by atoms with Gasteiger partial charge in [-0.1, -0.05) is 140 Å². The lowest BCUT2D eigenvalue weighted by Gasteiger charge is -2.42. The predicted molar refractivity (Wildman–Crippen MR) is 219 cm³/mol. The quantitative estimate of drug-likeness (QED) is 0.157. The minimum absolute atomic E-state index is 0.00311. The van der Waals surface area contributed by atoms with Gasteiger partial charge in [-0.25, -0.2) is 0 Å². The van der Waals surface area contributed by atoms with E-state index in [9.17, 15) is 9.59 Å². The van der Waals surface area contributed by atoms with Crippen LogP contribution >= 0.6 is 0 Å². The zero-order valence-electron chi connectivity index (χ0n) is 31.0. The molecule has 0 saturated carbocycles. The Morgan fingerprint density at radius 2 is 1.04 bits per heavy atom. The smallest absolute Gasteiger partial charge is 0.193 e. The second-order valence-corrected chi connectivity index (χ2v) is 15.1. The monoisotopic (exact) mass is 689 g/mol. The highest BCUT2D eigenvalue weighted by Gasteiger charge is 2.36. The summed E-state index contributed by atoms with van der Waals surface area (Å²) in [6.07, 6.45) is 5.56. The van der Waals surface area contributed by atoms with Crippen molar-refractivity contribution < 1.29 is 9.59 Å². The molecular weight excluding hydrogens is 647 g/mol. The van der Waals surface area contributed by atoms with Crippen molar-refractivity contribution in [2.45, 2.75) is 52.9 Å². The number of hydrogen-bond donors (Lipinski definition) is 0. The molecule has 3 nitrogen and oxygen atoms in total. The molecule has 1 aliphatic heterocycles. The average Bonchev–Trinajstić information content (AvgIpc) is 3.18. The minimum atomic E-state index is -0.153. The highest BCUT2D eigenvalue weighted by molar-refractivity contribution is 6.18. The third kappa shape index (κ3) is 6.17. The number of ketones is 2. The van der Waals surface area contributed by atoms with E-state index in [0.29, 0.717) is 23.1 Å². The number of Topliss-reactive ketones (excluding diaryl/α,β-unsaturated/α-hetero) is 1. The van der Waals surface area contributed by atoms with E-state index >= 15 is 0 Å². The van der Waals surface area contributed by atoms with E-state index in [1.54, 1.807) is 0 Å². The van der Waals surface area contributed by atoms with Crippen LogP contribution in [-0.2, 0) is 5.41 Å². The van der Waals surface area contributed by atoms with Gasteiger partial charge in [0.15, 0.2) is 11.6 Å². The number of benzene rings is 6. The normalized spacial score (nSPS) is 14.5. The molecule has 3 heteroatoms. The second-order valence-electron chi connectivity index (χ2n) is 15.1. The zero-order chi connectivity index (χ0) is 36.9. The number of hydrogen-bond acceptors (Lipinski definition) is 3. The molecule has 0 unspecified atom stereocenters. The molecule has 2 aliphatic rings. The molecule has 8 rings (SSSR count). The topological polar surface area (TPSA) is 37.4 Å². The van der Waals surface area contributed by atoms with E-state index in [2.05, 4.69) is 124 Å². The Hall–Kier alpha value is -6.06. The van der Waals surface area contributed by atoms with Crippen LogP contribution in [0.15, 0.2) is 157 Å². The van der Waals surface area contributed by atoms with Crippen LogP contribution in [-0.4, -0.2) is 11.6 Å². The molecule has 6 aromatic rings. The van der Waals surface area contributed by atoms with Crippen molar-refractivity contribution in [2.75, 3.05) is 4.90 Å². The molecule has 1 heterocycles. The third-order valence-corrected chi connectivity index (χ3v) is 11.0. The van der Waals surface area contributed by atoms with Gasteiger partial charge in [-0.15, -0.1) is 0 Å². The summed E-state index contributed by atoms with van der Waals surface area (Å²) in [5.74, 6) is -0.0753. The summed E-state index contributed by atoms with van der Waals surface area (Å²) in [6.45, 7) is 10.8. The van der Waals surface area contributed by atoms with Gasteiger partial charge < -0.3 is 4.90 Å². The molecular formula is C50H43NO2. The summed E-state index contributed by atoms with van der Waals surface area (Å²) in [6, 6.07) is 45.6. The number of fused-ring (bicyclic) bond motifs is 2. The first kappa shape index (κ1) is 34.0. The molecule has 53 heavy (non-hydrogen) atoms. The average molecular weight is 690 g/mol. The van der Waals surface area contributed by atoms with Gasteiger partial charge in [0.2, 0.25) is 0 Å². The van der Waals surface area contributed by atoms with E-state index in [1.807, 2.05) is 61.5 Å². The molecule has 6 aromatic carbocycles. The molecule has 0 saturated heterocycles. The van der Waals surface area contributed by atoms with Gasteiger partial charge in [-0.05, 0) is 103 Å². The number of aryl methyl sites for hydroxylation is 2. The molecule has 0 N–H and O–H groups in total. The lowest BCUT2D eigenvalue weighted by molar-refractivity contribution is 0.102.